The van der Waals surface area contributed by atoms with Crippen LogP contribution in [-0.4, -0.2) is 11.7 Å². The molecular weight excluding hydrogens is 294 g/mol. The maximum absolute atomic E-state index is 11.6. The molecule has 5 heteroatoms. The Labute approximate surface area is 125 Å². The smallest absolute Gasteiger partial charge is 0.296 e. The highest BCUT2D eigenvalue weighted by Gasteiger charge is 2.29. The summed E-state index contributed by atoms with van der Waals surface area (Å²) >= 11 is 7.73. The van der Waals surface area contributed by atoms with Gasteiger partial charge >= 0.3 is 0 Å². The molecule has 2 aromatic rings. The van der Waals surface area contributed by atoms with Crippen LogP contribution in [0, 0.1) is 6.92 Å². The molecule has 0 radical (unpaired) electrons. The number of hydrogen-bond donors (Lipinski definition) is 1. The number of fused-ring (bicyclic) bond motifs is 1. The van der Waals surface area contributed by atoms with Gasteiger partial charge in [0.05, 0.1) is 16.3 Å². The number of nitrogens with one attached hydrogen (secondary N) is 1. The van der Waals surface area contributed by atoms with E-state index in [9.17, 15) is 9.59 Å². The van der Waals surface area contributed by atoms with E-state index in [4.69, 9.17) is 11.6 Å². The lowest BCUT2D eigenvalue weighted by Gasteiger charge is -2.08. The lowest BCUT2D eigenvalue weighted by molar-refractivity contribution is -0.112. The Morgan fingerprint density at radius 2 is 1.85 bits per heavy atom. The van der Waals surface area contributed by atoms with E-state index >= 15 is 0 Å². The number of aryl methyl sites for hydroxylation is 1. The van der Waals surface area contributed by atoms with Crippen molar-refractivity contribution in [1.82, 2.24) is 0 Å². The summed E-state index contributed by atoms with van der Waals surface area (Å²) in [5.74, 6) is -1.14. The van der Waals surface area contributed by atoms with E-state index in [1.54, 1.807) is 12.1 Å². The van der Waals surface area contributed by atoms with Gasteiger partial charge in [-0.25, -0.2) is 0 Å². The molecule has 100 valence electrons. The highest BCUT2D eigenvalue weighted by Crippen LogP contribution is 2.39. The predicted molar refractivity (Wildman–Crippen MR) is 79.7 cm³/mol. The quantitative estimate of drug-likeness (QED) is 0.855. The van der Waals surface area contributed by atoms with Crippen LogP contribution < -0.4 is 5.32 Å². The van der Waals surface area contributed by atoms with Crippen LogP contribution in [0.5, 0.6) is 0 Å². The lowest BCUT2D eigenvalue weighted by Crippen LogP contribution is -2.12. The second-order valence-electron chi connectivity index (χ2n) is 4.48. The first-order chi connectivity index (χ1) is 9.56. The van der Waals surface area contributed by atoms with Crippen molar-refractivity contribution in [1.29, 1.82) is 0 Å². The summed E-state index contributed by atoms with van der Waals surface area (Å²) in [5, 5.41) is 3.03. The number of amides is 1. The Kier molecular flexibility index (Phi) is 3.28. The van der Waals surface area contributed by atoms with Crippen LogP contribution >= 0.6 is 23.4 Å². The molecule has 3 rings (SSSR count). The number of carbonyl (C=O) groups is 2. The van der Waals surface area contributed by atoms with E-state index in [2.05, 4.69) is 5.32 Å². The molecule has 1 aliphatic rings. The Balaban J connectivity index is 2.01. The largest absolute Gasteiger partial charge is 0.318 e. The number of ketones is 1. The molecule has 2 aromatic carbocycles. The van der Waals surface area contributed by atoms with Crippen LogP contribution in [0.25, 0.3) is 0 Å². The van der Waals surface area contributed by atoms with Crippen LogP contribution in [0.4, 0.5) is 5.69 Å². The second kappa shape index (κ2) is 4.96. The fourth-order valence-electron chi connectivity index (χ4n) is 2.01. The van der Waals surface area contributed by atoms with E-state index in [0.29, 0.717) is 16.3 Å². The molecule has 0 aromatic heterocycles. The Morgan fingerprint density at radius 3 is 2.60 bits per heavy atom. The van der Waals surface area contributed by atoms with E-state index in [-0.39, 0.29) is 0 Å². The van der Waals surface area contributed by atoms with E-state index < -0.39 is 11.7 Å². The minimum atomic E-state index is -0.603. The summed E-state index contributed by atoms with van der Waals surface area (Å²) in [6.45, 7) is 2.02. The average molecular weight is 304 g/mol. The standard InChI is InChI=1S/C15H10ClNO2S/c1-8-4-2-3-5-12(8)20-13-7-11-9(6-10(13)16)14(18)15(19)17-11/h2-7H,1H3,(H,17,18,19). The van der Waals surface area contributed by atoms with E-state index in [0.717, 1.165) is 15.4 Å². The van der Waals surface area contributed by atoms with Crippen LogP contribution in [-0.2, 0) is 4.79 Å². The van der Waals surface area contributed by atoms with Crippen molar-refractivity contribution in [3.63, 3.8) is 0 Å². The van der Waals surface area contributed by atoms with E-state index in [1.165, 1.54) is 11.8 Å². The van der Waals surface area contributed by atoms with Gasteiger partial charge < -0.3 is 5.32 Å². The lowest BCUT2D eigenvalue weighted by atomic mass is 10.1. The van der Waals surface area contributed by atoms with Gasteiger partial charge in [-0.05, 0) is 30.7 Å². The highest BCUT2D eigenvalue weighted by molar-refractivity contribution is 7.99. The number of rotatable bonds is 2. The Bertz CT molecular complexity index is 743. The average Bonchev–Trinajstić information content (AvgIpc) is 2.69. The number of anilines is 1. The van der Waals surface area contributed by atoms with Crippen molar-refractivity contribution >= 4 is 40.7 Å². The molecule has 0 atom stereocenters. The molecule has 1 aliphatic heterocycles. The van der Waals surface area contributed by atoms with Crippen LogP contribution in [0.2, 0.25) is 5.02 Å². The molecule has 0 aliphatic carbocycles. The van der Waals surface area contributed by atoms with Crippen molar-refractivity contribution < 1.29 is 9.59 Å². The monoisotopic (exact) mass is 303 g/mol. The number of benzene rings is 2. The molecule has 0 bridgehead atoms. The normalized spacial score (nSPS) is 13.3. The second-order valence-corrected chi connectivity index (χ2v) is 5.97. The van der Waals surface area contributed by atoms with Crippen molar-refractivity contribution in [2.45, 2.75) is 16.7 Å². The van der Waals surface area contributed by atoms with Gasteiger partial charge in [-0.3, -0.25) is 9.59 Å². The zero-order valence-corrected chi connectivity index (χ0v) is 12.1. The number of carbonyl (C=O) groups excluding carboxylic acids is 2. The zero-order chi connectivity index (χ0) is 14.3. The highest BCUT2D eigenvalue weighted by atomic mass is 35.5. The van der Waals surface area contributed by atoms with Gasteiger partial charge in [0.2, 0.25) is 0 Å². The minimum Gasteiger partial charge on any atom is -0.318 e. The van der Waals surface area contributed by atoms with Gasteiger partial charge in [0.1, 0.15) is 0 Å². The third-order valence-electron chi connectivity index (χ3n) is 3.08. The molecule has 0 saturated carbocycles. The van der Waals surface area contributed by atoms with Crippen molar-refractivity contribution in [3.8, 4) is 0 Å². The maximum Gasteiger partial charge on any atom is 0.296 e. The first kappa shape index (κ1) is 13.2. The van der Waals surface area contributed by atoms with Crippen molar-refractivity contribution in [3.05, 3.63) is 52.5 Å². The van der Waals surface area contributed by atoms with Crippen LogP contribution in [0.3, 0.4) is 0 Å². The van der Waals surface area contributed by atoms with Gasteiger partial charge in [0, 0.05) is 9.79 Å². The summed E-state index contributed by atoms with van der Waals surface area (Å²) in [6, 6.07) is 11.3. The molecule has 3 nitrogen and oxygen atoms in total. The number of Topliss-reactive ketones (excluding diaryl/α,β-unsaturated/α-hetero) is 1. The van der Waals surface area contributed by atoms with Crippen LogP contribution in [0.1, 0.15) is 15.9 Å². The SMILES string of the molecule is Cc1ccccc1Sc1cc2c(cc1Cl)C(=O)C(=O)N2. The fourth-order valence-corrected chi connectivity index (χ4v) is 3.24. The van der Waals surface area contributed by atoms with Crippen molar-refractivity contribution in [2.24, 2.45) is 0 Å². The molecule has 0 spiro atoms. The minimum absolute atomic E-state index is 0.342. The summed E-state index contributed by atoms with van der Waals surface area (Å²) in [6.07, 6.45) is 0. The summed E-state index contributed by atoms with van der Waals surface area (Å²) < 4.78 is 0. The zero-order valence-electron chi connectivity index (χ0n) is 10.6. The van der Waals surface area contributed by atoms with Crippen molar-refractivity contribution in [2.75, 3.05) is 5.32 Å². The number of halogens is 1. The molecule has 1 heterocycles. The molecule has 0 unspecified atom stereocenters. The molecule has 20 heavy (non-hydrogen) atoms. The first-order valence-corrected chi connectivity index (χ1v) is 7.18. The fraction of sp³-hybridized carbons (Fsp3) is 0.0667. The van der Waals surface area contributed by atoms with Gasteiger partial charge in [0.25, 0.3) is 11.7 Å². The first-order valence-electron chi connectivity index (χ1n) is 5.99. The van der Waals surface area contributed by atoms with Crippen LogP contribution in [0.15, 0.2) is 46.2 Å². The third kappa shape index (κ3) is 2.21. The third-order valence-corrected chi connectivity index (χ3v) is 4.75. The van der Waals surface area contributed by atoms with Gasteiger partial charge in [0.15, 0.2) is 0 Å². The summed E-state index contributed by atoms with van der Waals surface area (Å²) in [5.41, 5.74) is 2.02. The van der Waals surface area contributed by atoms with Gasteiger partial charge in [-0.15, -0.1) is 0 Å². The molecule has 0 fully saturated rings. The molecule has 0 saturated heterocycles. The maximum atomic E-state index is 11.6. The molecular formula is C15H10ClNO2S. The Hall–Kier alpha value is -1.78. The summed E-state index contributed by atoms with van der Waals surface area (Å²) in [4.78, 5) is 24.9. The van der Waals surface area contributed by atoms with Gasteiger partial charge in [-0.1, -0.05) is 41.6 Å². The van der Waals surface area contributed by atoms with E-state index in [1.807, 2.05) is 31.2 Å². The molecule has 1 amide bonds. The Morgan fingerprint density at radius 1 is 1.10 bits per heavy atom. The topological polar surface area (TPSA) is 46.2 Å². The predicted octanol–water partition coefficient (Wildman–Crippen LogP) is 3.93. The number of hydrogen-bond acceptors (Lipinski definition) is 3. The van der Waals surface area contributed by atoms with Gasteiger partial charge in [-0.2, -0.15) is 0 Å². The summed E-state index contributed by atoms with van der Waals surface area (Å²) in [7, 11) is 0. The molecule has 1 N–H and O–H groups in total.